The van der Waals surface area contributed by atoms with E-state index in [4.69, 9.17) is 0 Å². The number of hydrogen-bond donors (Lipinski definition) is 1. The van der Waals surface area contributed by atoms with Crippen molar-refractivity contribution in [1.29, 1.82) is 0 Å². The minimum atomic E-state index is -4.59. The van der Waals surface area contributed by atoms with Crippen molar-refractivity contribution in [2.75, 3.05) is 5.32 Å². The van der Waals surface area contributed by atoms with Crippen LogP contribution in [0.25, 0.3) is 10.4 Å². The Balaban J connectivity index is 0.00000204. The van der Waals surface area contributed by atoms with Crippen LogP contribution >= 0.6 is 11.3 Å². The van der Waals surface area contributed by atoms with E-state index in [1.807, 2.05) is 0 Å². The number of pyridine rings is 1. The first-order valence-corrected chi connectivity index (χ1v) is 10.7. The summed E-state index contributed by atoms with van der Waals surface area (Å²) >= 11 is 0.722. The molecule has 0 unspecified atom stereocenters. The van der Waals surface area contributed by atoms with Gasteiger partial charge < -0.3 is 20.5 Å². The average Bonchev–Trinajstić information content (AvgIpc) is 3.46. The molecule has 0 spiro atoms. The molecule has 2 aromatic heterocycles. The predicted molar refractivity (Wildman–Crippen MR) is 108 cm³/mol. The molecule has 0 aliphatic carbocycles. The summed E-state index contributed by atoms with van der Waals surface area (Å²) in [4.78, 5) is 34.0. The van der Waals surface area contributed by atoms with Gasteiger partial charge >= 0.3 is 57.6 Å². The molecular weight excluding hydrogens is 510 g/mol. The Morgan fingerprint density at radius 3 is 2.32 bits per heavy atom. The fourth-order valence-electron chi connectivity index (χ4n) is 4.28. The van der Waals surface area contributed by atoms with E-state index < -0.39 is 30.1 Å². The van der Waals surface area contributed by atoms with Gasteiger partial charge in [-0.1, -0.05) is 0 Å². The van der Waals surface area contributed by atoms with Crippen LogP contribution < -0.4 is 56.7 Å². The Morgan fingerprint density at radius 1 is 1.24 bits per heavy atom. The molecule has 0 saturated carbocycles. The second-order valence-corrected chi connectivity index (χ2v) is 8.84. The van der Waals surface area contributed by atoms with E-state index in [2.05, 4.69) is 15.3 Å². The topological polar surface area (TPSA) is 105 Å². The first kappa shape index (κ1) is 29.2. The summed E-state index contributed by atoms with van der Waals surface area (Å²) in [5.41, 5.74) is -0.907. The summed E-state index contributed by atoms with van der Waals surface area (Å²) < 4.78 is 66.2. The van der Waals surface area contributed by atoms with Crippen LogP contribution in [-0.4, -0.2) is 56.8 Å². The smallest absolute Gasteiger partial charge is 0.870 e. The maximum absolute atomic E-state index is 13.9. The Labute approximate surface area is 238 Å². The standard InChI is InChI=1S/C20H18F5N4O2S.K.H2O/c1-9(20(23,24)25)27-14-6-12(18(21)22)13(7-26-14)17-16(28-15(8-30)32-17)19(31)29-10-2-3-11(29)5-4-10;;/h6-7,9-11,18H,2-5H2,1H3,(H,26,27);;1H2/q-1;+1;/p-1/t9-,10?,11?;;/m0../s1. The Hall–Kier alpha value is -1.03. The summed E-state index contributed by atoms with van der Waals surface area (Å²) in [7, 11) is 0. The molecule has 4 rings (SSSR count). The fraction of sp³-hybridized carbons (Fsp3) is 0.500. The van der Waals surface area contributed by atoms with Gasteiger partial charge in [-0.3, -0.25) is 9.78 Å². The number of amides is 1. The largest absolute Gasteiger partial charge is 1.00 e. The Bertz CT molecular complexity index is 1030. The summed E-state index contributed by atoms with van der Waals surface area (Å²) in [6.07, 6.45) is -1.69. The third-order valence-corrected chi connectivity index (χ3v) is 6.86. The van der Waals surface area contributed by atoms with Gasteiger partial charge in [0.05, 0.1) is 4.88 Å². The molecule has 0 aromatic carbocycles. The number of alkyl halides is 5. The SMILES string of the molecule is C[C@H](Nc1cc(C(F)F)c(-c2sc([C-]=O)nc2C(=O)N2C3CCC2CC3)cn1)C(F)(F)F.[K+].[OH-]. The molecule has 2 bridgehead atoms. The number of anilines is 1. The van der Waals surface area contributed by atoms with Gasteiger partial charge in [-0.2, -0.15) is 13.2 Å². The van der Waals surface area contributed by atoms with Gasteiger partial charge in [-0.15, -0.1) is 11.3 Å². The molecule has 7 nitrogen and oxygen atoms in total. The van der Waals surface area contributed by atoms with Crippen LogP contribution in [0.1, 0.15) is 60.1 Å². The molecule has 14 heteroatoms. The zero-order valence-corrected chi connectivity index (χ0v) is 22.1. The summed E-state index contributed by atoms with van der Waals surface area (Å²) in [6, 6.07) is -1.09. The summed E-state index contributed by atoms with van der Waals surface area (Å²) in [5.74, 6) is -0.832. The van der Waals surface area contributed by atoms with Gasteiger partial charge in [0.15, 0.2) is 0 Å². The molecule has 2 aliphatic rings. The van der Waals surface area contributed by atoms with Crippen molar-refractivity contribution < 1.29 is 88.4 Å². The van der Waals surface area contributed by atoms with E-state index in [0.717, 1.165) is 56.2 Å². The summed E-state index contributed by atoms with van der Waals surface area (Å²) in [5, 5.41) is 1.88. The predicted octanol–water partition coefficient (Wildman–Crippen LogP) is 1.56. The van der Waals surface area contributed by atoms with Crippen molar-refractivity contribution in [3.8, 4) is 10.4 Å². The van der Waals surface area contributed by atoms with Gasteiger partial charge in [0.25, 0.3) is 12.3 Å². The number of carbonyl (C=O) groups excluding carboxylic acids is 2. The molecule has 2 aliphatic heterocycles. The average molecular weight is 530 g/mol. The second-order valence-electron chi connectivity index (χ2n) is 7.84. The zero-order valence-electron chi connectivity index (χ0n) is 18.2. The van der Waals surface area contributed by atoms with E-state index in [1.165, 1.54) is 0 Å². The van der Waals surface area contributed by atoms with Crippen molar-refractivity contribution in [3.05, 3.63) is 28.5 Å². The van der Waals surface area contributed by atoms with Gasteiger partial charge in [0.1, 0.15) is 17.6 Å². The molecule has 2 aromatic rings. The summed E-state index contributed by atoms with van der Waals surface area (Å²) in [6.45, 7) is 0.841. The third kappa shape index (κ3) is 5.68. The van der Waals surface area contributed by atoms with Crippen molar-refractivity contribution in [2.24, 2.45) is 0 Å². The molecule has 0 radical (unpaired) electrons. The maximum Gasteiger partial charge on any atom is 1.00 e. The number of thiazole rings is 1. The quantitative estimate of drug-likeness (QED) is 0.346. The molecule has 1 atom stereocenters. The fourth-order valence-corrected chi connectivity index (χ4v) is 5.16. The van der Waals surface area contributed by atoms with Crippen LogP contribution in [0.4, 0.5) is 27.8 Å². The number of nitrogens with one attached hydrogen (secondary N) is 1. The van der Waals surface area contributed by atoms with Crippen LogP contribution in [0.3, 0.4) is 0 Å². The molecule has 4 heterocycles. The number of rotatable bonds is 6. The molecule has 2 saturated heterocycles. The monoisotopic (exact) mass is 529 g/mol. The molecule has 1 amide bonds. The van der Waals surface area contributed by atoms with Crippen LogP contribution in [0.2, 0.25) is 0 Å². The van der Waals surface area contributed by atoms with E-state index in [0.29, 0.717) is 0 Å². The van der Waals surface area contributed by atoms with Crippen LogP contribution in [0.15, 0.2) is 12.3 Å². The van der Waals surface area contributed by atoms with E-state index in [9.17, 15) is 31.5 Å². The molecule has 180 valence electrons. The Morgan fingerprint density at radius 2 is 1.82 bits per heavy atom. The molecule has 34 heavy (non-hydrogen) atoms. The number of aromatic nitrogens is 2. The number of hydrogen-bond acceptors (Lipinski definition) is 7. The van der Waals surface area contributed by atoms with Gasteiger partial charge in [0, 0.05) is 29.4 Å². The first-order valence-electron chi connectivity index (χ1n) is 9.93. The first-order chi connectivity index (χ1) is 15.1. The van der Waals surface area contributed by atoms with E-state index >= 15 is 0 Å². The molecular formula is C20H19F5KN4O3S-. The normalized spacial score (nSPS) is 20.0. The minimum absolute atomic E-state index is 0. The van der Waals surface area contributed by atoms with E-state index in [1.54, 1.807) is 11.2 Å². The molecule has 2 fully saturated rings. The maximum atomic E-state index is 13.9. The number of nitrogens with zero attached hydrogens (tertiary/aromatic N) is 3. The van der Waals surface area contributed by atoms with Gasteiger partial charge in [-0.05, 0) is 43.7 Å². The van der Waals surface area contributed by atoms with E-state index in [-0.39, 0.29) is 95.9 Å². The van der Waals surface area contributed by atoms with Gasteiger partial charge in [-0.25, -0.2) is 20.1 Å². The van der Waals surface area contributed by atoms with Crippen LogP contribution in [0, 0.1) is 0 Å². The minimum Gasteiger partial charge on any atom is -0.870 e. The molecule has 2 N–H and O–H groups in total. The number of fused-ring (bicyclic) bond motifs is 2. The van der Waals surface area contributed by atoms with Crippen LogP contribution in [-0.2, 0) is 4.79 Å². The van der Waals surface area contributed by atoms with Crippen LogP contribution in [0.5, 0.6) is 0 Å². The van der Waals surface area contributed by atoms with Crippen molar-refractivity contribution >= 4 is 29.3 Å². The van der Waals surface area contributed by atoms with Crippen molar-refractivity contribution in [3.63, 3.8) is 0 Å². The second kappa shape index (κ2) is 11.4. The van der Waals surface area contributed by atoms with Crippen molar-refractivity contribution in [2.45, 2.75) is 63.3 Å². The van der Waals surface area contributed by atoms with Crippen molar-refractivity contribution in [1.82, 2.24) is 14.9 Å². The number of carbonyl (C=O) groups is 1. The number of halogens is 5. The zero-order chi connectivity index (χ0) is 23.2. The Kier molecular flexibility index (Phi) is 9.75. The van der Waals surface area contributed by atoms with Gasteiger partial charge in [0.2, 0.25) is 0 Å². The third-order valence-electron chi connectivity index (χ3n) is 5.88.